The van der Waals surface area contributed by atoms with Crippen molar-refractivity contribution in [1.29, 1.82) is 0 Å². The molecule has 0 spiro atoms. The van der Waals surface area contributed by atoms with Crippen LogP contribution in [0.2, 0.25) is 0 Å². The molecule has 1 aromatic carbocycles. The van der Waals surface area contributed by atoms with E-state index < -0.39 is 0 Å². The molecule has 0 amide bonds. The van der Waals surface area contributed by atoms with Crippen molar-refractivity contribution in [3.63, 3.8) is 0 Å². The molecule has 2 aromatic rings. The lowest BCUT2D eigenvalue weighted by atomic mass is 10.1. The average molecular weight is 317 g/mol. The highest BCUT2D eigenvalue weighted by molar-refractivity contribution is 5.93. The fourth-order valence-electron chi connectivity index (χ4n) is 2.65. The molecule has 0 aliphatic heterocycles. The molecule has 0 unspecified atom stereocenters. The van der Waals surface area contributed by atoms with Crippen molar-refractivity contribution < 1.29 is 0 Å². The summed E-state index contributed by atoms with van der Waals surface area (Å²) in [6.07, 6.45) is 13.2. The quantitative estimate of drug-likeness (QED) is 0.516. The van der Waals surface area contributed by atoms with E-state index in [1.807, 2.05) is 37.3 Å². The highest BCUT2D eigenvalue weighted by Crippen LogP contribution is 2.27. The first-order valence-corrected chi connectivity index (χ1v) is 8.12. The number of allylic oxidation sites excluding steroid dienone is 6. The maximum Gasteiger partial charge on any atom is 0.0491 e. The summed E-state index contributed by atoms with van der Waals surface area (Å²) < 4.78 is 2.26. The Hall–Kier alpha value is -2.80. The Morgan fingerprint density at radius 3 is 2.29 bits per heavy atom. The van der Waals surface area contributed by atoms with Gasteiger partial charge >= 0.3 is 0 Å². The van der Waals surface area contributed by atoms with Crippen molar-refractivity contribution in [2.24, 2.45) is 0 Å². The molecule has 0 radical (unpaired) electrons. The number of aryl methyl sites for hydroxylation is 1. The van der Waals surface area contributed by atoms with E-state index in [1.165, 1.54) is 16.5 Å². The van der Waals surface area contributed by atoms with Gasteiger partial charge in [0.25, 0.3) is 0 Å². The van der Waals surface area contributed by atoms with Crippen LogP contribution in [0.5, 0.6) is 0 Å². The van der Waals surface area contributed by atoms with Crippen LogP contribution in [0.1, 0.15) is 25.1 Å². The number of hydrogen-bond acceptors (Lipinski definition) is 0. The molecule has 2 rings (SSSR count). The zero-order valence-electron chi connectivity index (χ0n) is 14.8. The van der Waals surface area contributed by atoms with Gasteiger partial charge < -0.3 is 4.57 Å². The maximum absolute atomic E-state index is 3.88. The molecule has 0 bridgehead atoms. The molecule has 1 heterocycles. The van der Waals surface area contributed by atoms with Gasteiger partial charge in [0.15, 0.2) is 0 Å². The van der Waals surface area contributed by atoms with E-state index in [0.29, 0.717) is 0 Å². The average Bonchev–Trinajstić information content (AvgIpc) is 2.94. The normalized spacial score (nSPS) is 11.0. The number of nitrogens with zero attached hydrogens (tertiary/aromatic N) is 1. The molecule has 0 saturated heterocycles. The Labute approximate surface area is 146 Å². The van der Waals surface area contributed by atoms with Crippen LogP contribution in [-0.2, 0) is 6.54 Å². The second-order valence-corrected chi connectivity index (χ2v) is 5.08. The Kier molecular flexibility index (Phi) is 8.07. The molecule has 0 fully saturated rings. The third-order valence-electron chi connectivity index (χ3n) is 3.67. The summed E-state index contributed by atoms with van der Waals surface area (Å²) in [5.74, 6) is 0. The monoisotopic (exact) mass is 317 g/mol. The summed E-state index contributed by atoms with van der Waals surface area (Å²) in [4.78, 5) is 0. The van der Waals surface area contributed by atoms with Gasteiger partial charge in [-0.25, -0.2) is 0 Å². The van der Waals surface area contributed by atoms with E-state index in [2.05, 4.69) is 62.1 Å². The first-order chi connectivity index (χ1) is 11.7. The minimum absolute atomic E-state index is 0.954. The van der Waals surface area contributed by atoms with Gasteiger partial charge in [0, 0.05) is 28.7 Å². The Balaban J connectivity index is 0.000000277. The molecule has 0 aliphatic rings. The van der Waals surface area contributed by atoms with Gasteiger partial charge in [0.2, 0.25) is 0 Å². The fourth-order valence-corrected chi connectivity index (χ4v) is 2.65. The number of benzene rings is 1. The van der Waals surface area contributed by atoms with Crippen molar-refractivity contribution in [2.45, 2.75) is 20.4 Å². The van der Waals surface area contributed by atoms with Crippen LogP contribution in [0.25, 0.3) is 23.1 Å². The van der Waals surface area contributed by atoms with Crippen molar-refractivity contribution in [2.75, 3.05) is 0 Å². The second kappa shape index (κ2) is 10.1. The number of rotatable bonds is 6. The third-order valence-corrected chi connectivity index (χ3v) is 3.67. The van der Waals surface area contributed by atoms with Crippen molar-refractivity contribution >= 4 is 23.1 Å². The van der Waals surface area contributed by atoms with E-state index in [0.717, 1.165) is 17.8 Å². The minimum atomic E-state index is 0.954. The largest absolute Gasteiger partial charge is 0.341 e. The Morgan fingerprint density at radius 1 is 1.08 bits per heavy atom. The van der Waals surface area contributed by atoms with Gasteiger partial charge in [0.1, 0.15) is 0 Å². The van der Waals surface area contributed by atoms with Crippen molar-refractivity contribution in [1.82, 2.24) is 4.57 Å². The zero-order valence-corrected chi connectivity index (χ0v) is 14.8. The van der Waals surface area contributed by atoms with Crippen LogP contribution in [0.15, 0.2) is 86.5 Å². The molecule has 1 nitrogen and oxygen atoms in total. The number of para-hydroxylation sites is 1. The first kappa shape index (κ1) is 19.2. The van der Waals surface area contributed by atoms with Gasteiger partial charge in [0.05, 0.1) is 0 Å². The van der Waals surface area contributed by atoms with Crippen LogP contribution in [-0.4, -0.2) is 4.57 Å². The van der Waals surface area contributed by atoms with E-state index in [4.69, 9.17) is 0 Å². The summed E-state index contributed by atoms with van der Waals surface area (Å²) in [7, 11) is 0. The Bertz CT molecular complexity index is 782. The van der Waals surface area contributed by atoms with Crippen molar-refractivity contribution in [3.8, 4) is 0 Å². The van der Waals surface area contributed by atoms with Gasteiger partial charge in [-0.15, -0.1) is 0 Å². The predicted molar refractivity (Wildman–Crippen MR) is 111 cm³/mol. The molecule has 0 saturated carbocycles. The van der Waals surface area contributed by atoms with E-state index in [9.17, 15) is 0 Å². The summed E-state index contributed by atoms with van der Waals surface area (Å²) in [5, 5.41) is 1.25. The van der Waals surface area contributed by atoms with Gasteiger partial charge in [-0.2, -0.15) is 0 Å². The molecule has 24 heavy (non-hydrogen) atoms. The summed E-state index contributed by atoms with van der Waals surface area (Å²) in [5.41, 5.74) is 4.69. The molecule has 1 aromatic heterocycles. The van der Waals surface area contributed by atoms with E-state index in [1.54, 1.807) is 12.2 Å². The summed E-state index contributed by atoms with van der Waals surface area (Å²) in [6, 6.07) is 8.39. The van der Waals surface area contributed by atoms with Gasteiger partial charge in [-0.3, -0.25) is 0 Å². The van der Waals surface area contributed by atoms with Gasteiger partial charge in [-0.1, -0.05) is 81.0 Å². The number of hydrogen-bond donors (Lipinski definition) is 0. The van der Waals surface area contributed by atoms with Crippen LogP contribution in [0, 0.1) is 0 Å². The second-order valence-electron chi connectivity index (χ2n) is 5.08. The van der Waals surface area contributed by atoms with Crippen LogP contribution in [0.4, 0.5) is 0 Å². The highest BCUT2D eigenvalue weighted by atomic mass is 15.0. The minimum Gasteiger partial charge on any atom is -0.341 e. The first-order valence-electron chi connectivity index (χ1n) is 8.12. The fraction of sp³-hybridized carbons (Fsp3) is 0.130. The molecular weight excluding hydrogens is 290 g/mol. The lowest BCUT2D eigenvalue weighted by Crippen LogP contribution is -1.96. The van der Waals surface area contributed by atoms with Crippen LogP contribution >= 0.6 is 0 Å². The SMILES string of the molecule is C=C/C=C(C=C)\C=C/C.C=Cc1c(C=C)n(CC)c2ccccc12. The lowest BCUT2D eigenvalue weighted by molar-refractivity contribution is 0.789. The third kappa shape index (κ3) is 4.36. The molecule has 0 atom stereocenters. The zero-order chi connectivity index (χ0) is 17.9. The molecule has 0 aliphatic carbocycles. The topological polar surface area (TPSA) is 4.93 Å². The molecule has 124 valence electrons. The van der Waals surface area contributed by atoms with Crippen LogP contribution < -0.4 is 0 Å². The summed E-state index contributed by atoms with van der Waals surface area (Å²) in [6.45, 7) is 20.0. The Morgan fingerprint density at radius 2 is 1.79 bits per heavy atom. The van der Waals surface area contributed by atoms with E-state index in [-0.39, 0.29) is 0 Å². The maximum atomic E-state index is 3.88. The smallest absolute Gasteiger partial charge is 0.0491 e. The molecule has 0 N–H and O–H groups in total. The highest BCUT2D eigenvalue weighted by Gasteiger charge is 2.10. The van der Waals surface area contributed by atoms with Crippen LogP contribution in [0.3, 0.4) is 0 Å². The number of aromatic nitrogens is 1. The molecular formula is C23H27N. The predicted octanol–water partition coefficient (Wildman–Crippen LogP) is 6.81. The van der Waals surface area contributed by atoms with Crippen molar-refractivity contribution in [3.05, 3.63) is 97.8 Å². The summed E-state index contributed by atoms with van der Waals surface area (Å²) >= 11 is 0. The standard InChI is InChI=1S/C14H15N.C9H12/c1-4-11-12-9-7-8-10-14(12)15(6-3)13(11)5-2;1-4-7-9(6-3)8-5-2/h4-5,7-10H,1-2,6H2,3H3;4-8H,1,3H2,2H3/b;8-5-,9-7-. The lowest BCUT2D eigenvalue weighted by Gasteiger charge is -2.03. The van der Waals surface area contributed by atoms with Gasteiger partial charge in [-0.05, 0) is 31.6 Å². The number of fused-ring (bicyclic) bond motifs is 1. The molecule has 1 heteroatoms. The van der Waals surface area contributed by atoms with E-state index >= 15 is 0 Å².